The normalized spacial score (nSPS) is 10.1. The Hall–Kier alpha value is -2.44. The van der Waals surface area contributed by atoms with Gasteiger partial charge in [-0.25, -0.2) is 9.61 Å². The van der Waals surface area contributed by atoms with Crippen molar-refractivity contribution in [3.63, 3.8) is 0 Å². The molecular formula is C9H9N5O2. The molecule has 0 atom stereocenters. The van der Waals surface area contributed by atoms with E-state index in [1.54, 1.807) is 12.1 Å². The molecule has 0 saturated heterocycles. The van der Waals surface area contributed by atoms with Gasteiger partial charge in [-0.15, -0.1) is 0 Å². The quantitative estimate of drug-likeness (QED) is 0.766. The Balaban J connectivity index is 2.17. The fraction of sp³-hybridized carbons (Fsp3) is 0.111. The standard InChI is InChI=1S/C9H9N5O2/c1-5-3-2-4-6(11-5)12-9(15)7-8(10)14-16-13-7/h2-4H,1H3,(H2,10,14)(H,11,12,15). The minimum absolute atomic E-state index is 0.0508. The van der Waals surface area contributed by atoms with Gasteiger partial charge in [-0.1, -0.05) is 6.07 Å². The number of hydrogen-bond donors (Lipinski definition) is 2. The van der Waals surface area contributed by atoms with Crippen LogP contribution < -0.4 is 11.1 Å². The first-order valence-electron chi connectivity index (χ1n) is 4.50. The molecule has 0 spiro atoms. The van der Waals surface area contributed by atoms with Gasteiger partial charge in [0.25, 0.3) is 5.91 Å². The molecule has 0 unspecified atom stereocenters. The van der Waals surface area contributed by atoms with E-state index in [2.05, 4.69) is 25.2 Å². The van der Waals surface area contributed by atoms with Crippen LogP contribution in [0.2, 0.25) is 0 Å². The number of pyridine rings is 1. The lowest BCUT2D eigenvalue weighted by atomic mass is 10.3. The zero-order valence-electron chi connectivity index (χ0n) is 8.47. The van der Waals surface area contributed by atoms with Crippen molar-refractivity contribution in [3.05, 3.63) is 29.6 Å². The summed E-state index contributed by atoms with van der Waals surface area (Å²) in [4.78, 5) is 15.7. The molecule has 2 heterocycles. The number of hydrogen-bond acceptors (Lipinski definition) is 6. The highest BCUT2D eigenvalue weighted by atomic mass is 16.6. The molecule has 82 valence electrons. The molecule has 1 amide bonds. The molecule has 0 bridgehead atoms. The van der Waals surface area contributed by atoms with E-state index < -0.39 is 5.91 Å². The van der Waals surface area contributed by atoms with E-state index in [-0.39, 0.29) is 11.5 Å². The number of anilines is 2. The van der Waals surface area contributed by atoms with Crippen molar-refractivity contribution in [2.45, 2.75) is 6.92 Å². The van der Waals surface area contributed by atoms with Crippen LogP contribution in [-0.2, 0) is 0 Å². The molecule has 0 aliphatic rings. The van der Waals surface area contributed by atoms with Crippen molar-refractivity contribution in [2.24, 2.45) is 0 Å². The number of aryl methyl sites for hydroxylation is 1. The Kier molecular flexibility index (Phi) is 2.50. The van der Waals surface area contributed by atoms with Crippen LogP contribution in [-0.4, -0.2) is 21.2 Å². The average molecular weight is 219 g/mol. The first kappa shape index (κ1) is 10.1. The van der Waals surface area contributed by atoms with Gasteiger partial charge < -0.3 is 11.1 Å². The molecule has 0 aliphatic carbocycles. The average Bonchev–Trinajstić information content (AvgIpc) is 2.64. The summed E-state index contributed by atoms with van der Waals surface area (Å²) in [5.74, 6) is -0.130. The summed E-state index contributed by atoms with van der Waals surface area (Å²) in [6, 6.07) is 5.26. The van der Waals surface area contributed by atoms with Gasteiger partial charge >= 0.3 is 0 Å². The van der Waals surface area contributed by atoms with E-state index in [4.69, 9.17) is 5.73 Å². The van der Waals surface area contributed by atoms with Crippen LogP contribution in [0.25, 0.3) is 0 Å². The lowest BCUT2D eigenvalue weighted by Gasteiger charge is -2.02. The van der Waals surface area contributed by atoms with Crippen molar-refractivity contribution in [1.82, 2.24) is 15.3 Å². The predicted octanol–water partition coefficient (Wildman–Crippen LogP) is 0.608. The zero-order valence-corrected chi connectivity index (χ0v) is 8.47. The van der Waals surface area contributed by atoms with Crippen LogP contribution in [0.15, 0.2) is 22.8 Å². The predicted molar refractivity (Wildman–Crippen MR) is 55.6 cm³/mol. The van der Waals surface area contributed by atoms with Crippen LogP contribution in [0, 0.1) is 6.92 Å². The number of nitrogens with zero attached hydrogens (tertiary/aromatic N) is 3. The van der Waals surface area contributed by atoms with Gasteiger partial charge in [-0.2, -0.15) is 0 Å². The number of rotatable bonds is 2. The summed E-state index contributed by atoms with van der Waals surface area (Å²) in [5, 5.41) is 9.22. The number of carbonyl (C=O) groups excluding carboxylic acids is 1. The van der Waals surface area contributed by atoms with Crippen molar-refractivity contribution in [3.8, 4) is 0 Å². The number of amides is 1. The largest absolute Gasteiger partial charge is 0.379 e. The highest BCUT2D eigenvalue weighted by Crippen LogP contribution is 2.09. The smallest absolute Gasteiger partial charge is 0.282 e. The number of carbonyl (C=O) groups is 1. The van der Waals surface area contributed by atoms with E-state index in [1.807, 2.05) is 13.0 Å². The lowest BCUT2D eigenvalue weighted by molar-refractivity contribution is 0.101. The highest BCUT2D eigenvalue weighted by molar-refractivity contribution is 6.04. The first-order valence-corrected chi connectivity index (χ1v) is 4.50. The van der Waals surface area contributed by atoms with Gasteiger partial charge in [0.2, 0.25) is 11.5 Å². The van der Waals surface area contributed by atoms with Crippen LogP contribution in [0.1, 0.15) is 16.2 Å². The van der Waals surface area contributed by atoms with E-state index >= 15 is 0 Å². The lowest BCUT2D eigenvalue weighted by Crippen LogP contribution is -2.15. The Labute approximate surface area is 90.6 Å². The summed E-state index contributed by atoms with van der Waals surface area (Å²) in [6.45, 7) is 1.82. The maximum atomic E-state index is 11.6. The third-order valence-corrected chi connectivity index (χ3v) is 1.86. The molecule has 3 N–H and O–H groups in total. The summed E-state index contributed by atoms with van der Waals surface area (Å²) in [7, 11) is 0. The summed E-state index contributed by atoms with van der Waals surface area (Å²) in [6.07, 6.45) is 0. The van der Waals surface area contributed by atoms with Gasteiger partial charge in [-0.3, -0.25) is 4.79 Å². The molecule has 16 heavy (non-hydrogen) atoms. The Bertz CT molecular complexity index is 522. The molecule has 7 nitrogen and oxygen atoms in total. The van der Waals surface area contributed by atoms with Gasteiger partial charge in [0.1, 0.15) is 5.82 Å². The summed E-state index contributed by atoms with van der Waals surface area (Å²) >= 11 is 0. The SMILES string of the molecule is Cc1cccc(NC(=O)c2nonc2N)n1. The fourth-order valence-electron chi connectivity index (χ4n) is 1.14. The second-order valence-electron chi connectivity index (χ2n) is 3.12. The maximum absolute atomic E-state index is 11.6. The minimum Gasteiger partial charge on any atom is -0.379 e. The molecule has 0 fully saturated rings. The molecule has 0 saturated carbocycles. The number of nitrogens with one attached hydrogen (secondary N) is 1. The Morgan fingerprint density at radius 2 is 2.25 bits per heavy atom. The minimum atomic E-state index is -0.503. The molecule has 0 radical (unpaired) electrons. The first-order chi connectivity index (χ1) is 7.66. The van der Waals surface area contributed by atoms with Crippen LogP contribution in [0.5, 0.6) is 0 Å². The molecule has 2 aromatic rings. The molecule has 0 aliphatic heterocycles. The maximum Gasteiger partial charge on any atom is 0.282 e. The number of nitrogen functional groups attached to an aromatic ring is 1. The molecule has 0 aromatic carbocycles. The molecule has 7 heteroatoms. The Morgan fingerprint density at radius 3 is 2.88 bits per heavy atom. The molecule has 2 rings (SSSR count). The fourth-order valence-corrected chi connectivity index (χ4v) is 1.14. The second-order valence-corrected chi connectivity index (χ2v) is 3.12. The molecular weight excluding hydrogens is 210 g/mol. The van der Waals surface area contributed by atoms with E-state index in [1.165, 1.54) is 0 Å². The molecule has 2 aromatic heterocycles. The van der Waals surface area contributed by atoms with Crippen LogP contribution in [0.4, 0.5) is 11.6 Å². The van der Waals surface area contributed by atoms with Gasteiger partial charge in [-0.05, 0) is 29.4 Å². The van der Waals surface area contributed by atoms with Gasteiger partial charge in [0.15, 0.2) is 0 Å². The van der Waals surface area contributed by atoms with Crippen molar-refractivity contribution < 1.29 is 9.42 Å². The van der Waals surface area contributed by atoms with Crippen molar-refractivity contribution >= 4 is 17.5 Å². The van der Waals surface area contributed by atoms with E-state index in [9.17, 15) is 4.79 Å². The van der Waals surface area contributed by atoms with Crippen molar-refractivity contribution in [2.75, 3.05) is 11.1 Å². The monoisotopic (exact) mass is 219 g/mol. The number of aromatic nitrogens is 3. The third-order valence-electron chi connectivity index (χ3n) is 1.86. The zero-order chi connectivity index (χ0) is 11.5. The van der Waals surface area contributed by atoms with Gasteiger partial charge in [0.05, 0.1) is 0 Å². The highest BCUT2D eigenvalue weighted by Gasteiger charge is 2.16. The van der Waals surface area contributed by atoms with Crippen LogP contribution >= 0.6 is 0 Å². The van der Waals surface area contributed by atoms with Crippen LogP contribution in [0.3, 0.4) is 0 Å². The topological polar surface area (TPSA) is 107 Å². The van der Waals surface area contributed by atoms with E-state index in [0.29, 0.717) is 5.82 Å². The Morgan fingerprint density at radius 1 is 1.44 bits per heavy atom. The summed E-state index contributed by atoms with van der Waals surface area (Å²) in [5.41, 5.74) is 6.12. The number of nitrogens with two attached hydrogens (primary N) is 1. The summed E-state index contributed by atoms with van der Waals surface area (Å²) < 4.78 is 4.32. The van der Waals surface area contributed by atoms with Crippen molar-refractivity contribution in [1.29, 1.82) is 0 Å². The third kappa shape index (κ3) is 1.97. The second kappa shape index (κ2) is 3.97. The van der Waals surface area contributed by atoms with E-state index in [0.717, 1.165) is 5.69 Å². The van der Waals surface area contributed by atoms with Gasteiger partial charge in [0, 0.05) is 5.69 Å².